The molecule has 1 rings (SSSR count). The third-order valence-electron chi connectivity index (χ3n) is 2.76. The van der Waals surface area contributed by atoms with Crippen LogP contribution >= 0.6 is 11.8 Å². The van der Waals surface area contributed by atoms with Crippen molar-refractivity contribution in [2.75, 3.05) is 11.5 Å². The van der Waals surface area contributed by atoms with E-state index in [0.29, 0.717) is 12.6 Å². The number of rotatable bonds is 8. The summed E-state index contributed by atoms with van der Waals surface area (Å²) in [5.74, 6) is 1.43. The number of nitrogens with one attached hydrogen (secondary N) is 1. The van der Waals surface area contributed by atoms with Crippen LogP contribution < -0.4 is 5.32 Å². The highest BCUT2D eigenvalue weighted by Gasteiger charge is 2.13. The van der Waals surface area contributed by atoms with E-state index in [2.05, 4.69) is 19.2 Å². The summed E-state index contributed by atoms with van der Waals surface area (Å²) >= 11 is 1.89. The van der Waals surface area contributed by atoms with Gasteiger partial charge in [-0.2, -0.15) is 16.2 Å². The molecule has 0 spiro atoms. The van der Waals surface area contributed by atoms with Crippen LogP contribution in [0.5, 0.6) is 0 Å². The summed E-state index contributed by atoms with van der Waals surface area (Å²) in [6, 6.07) is 4.36. The van der Waals surface area contributed by atoms with Crippen molar-refractivity contribution in [2.45, 2.75) is 32.9 Å². The van der Waals surface area contributed by atoms with Gasteiger partial charge in [0.1, 0.15) is 0 Å². The number of benzene rings is 1. The van der Waals surface area contributed by atoms with Crippen molar-refractivity contribution in [3.63, 3.8) is 0 Å². The number of hydrogen-bond acceptors (Lipinski definition) is 4. The van der Waals surface area contributed by atoms with E-state index in [9.17, 15) is 14.5 Å². The van der Waals surface area contributed by atoms with Gasteiger partial charge in [-0.1, -0.05) is 13.0 Å². The second-order valence-corrected chi connectivity index (χ2v) is 5.70. The van der Waals surface area contributed by atoms with Gasteiger partial charge < -0.3 is 5.32 Å². The van der Waals surface area contributed by atoms with Crippen LogP contribution in [-0.2, 0) is 6.54 Å². The first-order chi connectivity index (χ1) is 9.04. The van der Waals surface area contributed by atoms with Gasteiger partial charge in [0, 0.05) is 18.7 Å². The van der Waals surface area contributed by atoms with Crippen molar-refractivity contribution in [3.8, 4) is 0 Å². The normalized spacial score (nSPS) is 12.4. The van der Waals surface area contributed by atoms with Gasteiger partial charge >= 0.3 is 5.69 Å². The predicted molar refractivity (Wildman–Crippen MR) is 77.0 cm³/mol. The molecular weight excluding hydrogens is 267 g/mol. The van der Waals surface area contributed by atoms with E-state index < -0.39 is 16.4 Å². The van der Waals surface area contributed by atoms with E-state index in [1.165, 1.54) is 12.1 Å². The summed E-state index contributed by atoms with van der Waals surface area (Å²) in [5.41, 5.74) is 0.245. The lowest BCUT2D eigenvalue weighted by Gasteiger charge is -2.13. The first-order valence-electron chi connectivity index (χ1n) is 6.28. The largest absolute Gasteiger partial charge is 0.310 e. The molecule has 0 aliphatic carbocycles. The fraction of sp³-hybridized carbons (Fsp3) is 0.538. The Morgan fingerprint density at radius 1 is 1.53 bits per heavy atom. The number of nitro groups is 1. The Bertz CT molecular complexity index is 429. The second-order valence-electron chi connectivity index (χ2n) is 4.31. The topological polar surface area (TPSA) is 55.2 Å². The first kappa shape index (κ1) is 15.9. The van der Waals surface area contributed by atoms with Gasteiger partial charge in [-0.05, 0) is 36.5 Å². The summed E-state index contributed by atoms with van der Waals surface area (Å²) in [6.07, 6.45) is 1.05. The fourth-order valence-corrected chi connectivity index (χ4v) is 2.42. The average molecular weight is 286 g/mol. The molecule has 1 aromatic rings. The lowest BCUT2D eigenvalue weighted by Crippen LogP contribution is -2.26. The fourth-order valence-electron chi connectivity index (χ4n) is 1.61. The molecule has 0 fully saturated rings. The van der Waals surface area contributed by atoms with Crippen molar-refractivity contribution in [3.05, 3.63) is 39.7 Å². The number of hydrogen-bond donors (Lipinski definition) is 1. The highest BCUT2D eigenvalue weighted by molar-refractivity contribution is 7.99. The molecule has 0 heterocycles. The van der Waals surface area contributed by atoms with Gasteiger partial charge in [0.15, 0.2) is 0 Å². The lowest BCUT2D eigenvalue weighted by atomic mass is 10.1. The van der Waals surface area contributed by atoms with Crippen LogP contribution in [0, 0.1) is 15.9 Å². The van der Waals surface area contributed by atoms with Crippen molar-refractivity contribution in [2.24, 2.45) is 0 Å². The first-order valence-corrected chi connectivity index (χ1v) is 7.44. The summed E-state index contributed by atoms with van der Waals surface area (Å²) in [5, 5.41) is 13.8. The van der Waals surface area contributed by atoms with Gasteiger partial charge in [-0.3, -0.25) is 10.1 Å². The molecule has 0 aliphatic rings. The van der Waals surface area contributed by atoms with Crippen LogP contribution in [0.25, 0.3) is 0 Å². The van der Waals surface area contributed by atoms with Gasteiger partial charge in [0.2, 0.25) is 5.82 Å². The van der Waals surface area contributed by atoms with Gasteiger partial charge in [0.05, 0.1) is 4.92 Å². The molecule has 19 heavy (non-hydrogen) atoms. The van der Waals surface area contributed by atoms with Crippen molar-refractivity contribution < 1.29 is 9.31 Å². The summed E-state index contributed by atoms with van der Waals surface area (Å²) in [6.45, 7) is 4.73. The SMILES string of the molecule is CCSCCC(C)NCc1ccc([N+](=O)[O-])c(F)c1. The molecule has 0 bridgehead atoms. The average Bonchev–Trinajstić information content (AvgIpc) is 2.36. The number of halogens is 1. The standard InChI is InChI=1S/C13H19FN2O2S/c1-3-19-7-6-10(2)15-9-11-4-5-13(16(17)18)12(14)8-11/h4-5,8,10,15H,3,6-7,9H2,1-2H3. The summed E-state index contributed by atoms with van der Waals surface area (Å²) in [4.78, 5) is 9.78. The summed E-state index contributed by atoms with van der Waals surface area (Å²) in [7, 11) is 0. The van der Waals surface area contributed by atoms with Crippen LogP contribution in [0.3, 0.4) is 0 Å². The Balaban J connectivity index is 2.45. The summed E-state index contributed by atoms with van der Waals surface area (Å²) < 4.78 is 13.4. The minimum atomic E-state index is -0.779. The Kier molecular flexibility index (Phi) is 6.80. The Labute approximate surface area is 116 Å². The molecule has 1 aromatic carbocycles. The van der Waals surface area contributed by atoms with E-state index in [1.54, 1.807) is 6.07 Å². The zero-order chi connectivity index (χ0) is 14.3. The Hall–Kier alpha value is -1.14. The molecule has 0 saturated heterocycles. The van der Waals surface area contributed by atoms with E-state index >= 15 is 0 Å². The minimum Gasteiger partial charge on any atom is -0.310 e. The molecule has 1 N–H and O–H groups in total. The molecule has 0 aliphatic heterocycles. The van der Waals surface area contributed by atoms with E-state index in [-0.39, 0.29) is 0 Å². The van der Waals surface area contributed by atoms with Crippen LogP contribution in [0.2, 0.25) is 0 Å². The lowest BCUT2D eigenvalue weighted by molar-refractivity contribution is -0.387. The van der Waals surface area contributed by atoms with Crippen molar-refractivity contribution in [1.82, 2.24) is 5.32 Å². The zero-order valence-electron chi connectivity index (χ0n) is 11.2. The predicted octanol–water partition coefficient (Wildman–Crippen LogP) is 3.36. The van der Waals surface area contributed by atoms with Gasteiger partial charge in [0.25, 0.3) is 0 Å². The third-order valence-corrected chi connectivity index (χ3v) is 3.70. The van der Waals surface area contributed by atoms with E-state index in [1.807, 2.05) is 11.8 Å². The molecule has 6 heteroatoms. The highest BCUT2D eigenvalue weighted by Crippen LogP contribution is 2.18. The highest BCUT2D eigenvalue weighted by atomic mass is 32.2. The smallest absolute Gasteiger partial charge is 0.304 e. The maximum Gasteiger partial charge on any atom is 0.304 e. The monoisotopic (exact) mass is 286 g/mol. The van der Waals surface area contributed by atoms with Crippen molar-refractivity contribution in [1.29, 1.82) is 0 Å². The number of nitro benzene ring substituents is 1. The minimum absolute atomic E-state index is 0.345. The molecule has 0 saturated carbocycles. The van der Waals surface area contributed by atoms with Crippen LogP contribution in [0.4, 0.5) is 10.1 Å². The van der Waals surface area contributed by atoms with Gasteiger partial charge in [-0.25, -0.2) is 0 Å². The van der Waals surface area contributed by atoms with Crippen LogP contribution in [-0.4, -0.2) is 22.5 Å². The molecule has 0 radical (unpaired) electrons. The second kappa shape index (κ2) is 8.12. The van der Waals surface area contributed by atoms with Crippen molar-refractivity contribution >= 4 is 17.4 Å². The maximum atomic E-state index is 13.4. The number of thioether (sulfide) groups is 1. The molecule has 0 amide bonds. The molecule has 106 valence electrons. The molecular formula is C13H19FN2O2S. The zero-order valence-corrected chi connectivity index (χ0v) is 12.0. The molecule has 1 unspecified atom stereocenters. The Morgan fingerprint density at radius 2 is 2.26 bits per heavy atom. The maximum absolute atomic E-state index is 13.4. The molecule has 1 atom stereocenters. The number of nitrogens with zero attached hydrogens (tertiary/aromatic N) is 1. The third kappa shape index (κ3) is 5.57. The van der Waals surface area contributed by atoms with E-state index in [4.69, 9.17) is 0 Å². The Morgan fingerprint density at radius 3 is 2.84 bits per heavy atom. The molecule has 4 nitrogen and oxygen atoms in total. The van der Waals surface area contributed by atoms with Gasteiger partial charge in [-0.15, -0.1) is 0 Å². The molecule has 0 aromatic heterocycles. The van der Waals surface area contributed by atoms with E-state index in [0.717, 1.165) is 23.5 Å². The van der Waals surface area contributed by atoms with Crippen LogP contribution in [0.1, 0.15) is 25.8 Å². The quantitative estimate of drug-likeness (QED) is 0.452. The van der Waals surface area contributed by atoms with Crippen LogP contribution in [0.15, 0.2) is 18.2 Å².